The van der Waals surface area contributed by atoms with Gasteiger partial charge in [0, 0.05) is 63.6 Å². The van der Waals surface area contributed by atoms with Crippen molar-refractivity contribution >= 4 is 24.0 Å². The minimum atomic E-state index is -2.82. The smallest absolute Gasteiger partial charge is 0.407 e. The fourth-order valence-corrected chi connectivity index (χ4v) is 5.70. The number of aromatic nitrogens is 4. The number of hydrogen-bond acceptors (Lipinski definition) is 10. The lowest BCUT2D eigenvalue weighted by atomic mass is 9.92. The van der Waals surface area contributed by atoms with Gasteiger partial charge in [-0.3, -0.25) is 4.79 Å². The van der Waals surface area contributed by atoms with Crippen molar-refractivity contribution in [1.29, 1.82) is 0 Å². The molecule has 2 saturated heterocycles. The molecule has 4 heterocycles. The summed E-state index contributed by atoms with van der Waals surface area (Å²) < 4.78 is 65.0. The Morgan fingerprint density at radius 3 is 2.35 bits per heavy atom. The second-order valence-electron chi connectivity index (χ2n) is 12.5. The van der Waals surface area contributed by atoms with Crippen molar-refractivity contribution in [2.24, 2.45) is 0 Å². The Balaban J connectivity index is 1.25. The first-order valence-corrected chi connectivity index (χ1v) is 14.9. The maximum atomic E-state index is 15.0. The molecule has 2 aromatic heterocycles. The summed E-state index contributed by atoms with van der Waals surface area (Å²) in [5, 5.41) is 6.11. The van der Waals surface area contributed by atoms with Crippen LogP contribution in [-0.2, 0) is 4.74 Å². The van der Waals surface area contributed by atoms with Gasteiger partial charge >= 0.3 is 18.5 Å². The van der Waals surface area contributed by atoms with Crippen LogP contribution in [0, 0.1) is 18.6 Å². The van der Waals surface area contributed by atoms with E-state index in [1.165, 1.54) is 18.5 Å². The van der Waals surface area contributed by atoms with Crippen molar-refractivity contribution in [2.45, 2.75) is 70.6 Å². The number of hydrogen-bond donors (Lipinski definition) is 1. The molecular formula is C30H36F4N8O4. The van der Waals surface area contributed by atoms with Gasteiger partial charge in [-0.2, -0.15) is 4.98 Å². The lowest BCUT2D eigenvalue weighted by molar-refractivity contribution is 0.0504. The van der Waals surface area contributed by atoms with Gasteiger partial charge < -0.3 is 29.3 Å². The van der Waals surface area contributed by atoms with Gasteiger partial charge in [-0.05, 0) is 57.7 Å². The van der Waals surface area contributed by atoms with Crippen LogP contribution in [0.1, 0.15) is 73.3 Å². The maximum absolute atomic E-state index is 15.0. The second kappa shape index (κ2) is 13.1. The fourth-order valence-electron chi connectivity index (χ4n) is 5.70. The van der Waals surface area contributed by atoms with Crippen LogP contribution in [0.3, 0.4) is 0 Å². The Morgan fingerprint density at radius 2 is 1.74 bits per heavy atom. The summed E-state index contributed by atoms with van der Waals surface area (Å²) in [5.41, 5.74) is 0.0252. The Labute approximate surface area is 263 Å². The number of aryl methyl sites for hydroxylation is 1. The van der Waals surface area contributed by atoms with E-state index in [-0.39, 0.29) is 53.7 Å². The van der Waals surface area contributed by atoms with Crippen molar-refractivity contribution < 1.29 is 36.4 Å². The summed E-state index contributed by atoms with van der Waals surface area (Å²) in [4.78, 5) is 43.5. The summed E-state index contributed by atoms with van der Waals surface area (Å²) >= 11 is 0. The van der Waals surface area contributed by atoms with Crippen LogP contribution < -0.4 is 15.1 Å². The van der Waals surface area contributed by atoms with Crippen molar-refractivity contribution in [2.75, 3.05) is 43.0 Å². The predicted octanol–water partition coefficient (Wildman–Crippen LogP) is 4.62. The molecule has 5 rings (SSSR count). The van der Waals surface area contributed by atoms with Crippen molar-refractivity contribution in [3.8, 4) is 0 Å². The number of amides is 2. The third kappa shape index (κ3) is 7.31. The maximum Gasteiger partial charge on any atom is 0.407 e. The van der Waals surface area contributed by atoms with E-state index in [2.05, 4.69) is 25.4 Å². The van der Waals surface area contributed by atoms with Gasteiger partial charge in [0.25, 0.3) is 5.91 Å². The number of nitrogens with zero attached hydrogens (tertiary/aromatic N) is 7. The molecule has 2 aliphatic rings. The molecule has 12 nitrogen and oxygen atoms in total. The number of carbonyl (C=O) groups excluding carboxylic acids is 2. The molecule has 2 atom stereocenters. The highest BCUT2D eigenvalue weighted by Crippen LogP contribution is 2.33. The lowest BCUT2D eigenvalue weighted by Crippen LogP contribution is -2.45. The van der Waals surface area contributed by atoms with E-state index in [9.17, 15) is 27.2 Å². The SMILES string of the molecule is Cc1cc(C2CN(c3ncc(C(=O)N(C)C4CCN(c5nc(C(F)F)no5)CC4)cn3)CC2NC(=O)OC(C)(C)C)c(F)cc1F. The van der Waals surface area contributed by atoms with Crippen LogP contribution >= 0.6 is 0 Å². The van der Waals surface area contributed by atoms with Gasteiger partial charge in [0.15, 0.2) is 0 Å². The molecule has 1 N–H and O–H groups in total. The number of halogens is 4. The molecule has 16 heteroatoms. The molecule has 0 saturated carbocycles. The third-order valence-corrected chi connectivity index (χ3v) is 8.10. The van der Waals surface area contributed by atoms with Crippen molar-refractivity contribution in [3.05, 3.63) is 58.7 Å². The summed E-state index contributed by atoms with van der Waals surface area (Å²) in [7, 11) is 1.68. The summed E-state index contributed by atoms with van der Waals surface area (Å²) in [5.74, 6) is -2.64. The zero-order chi connectivity index (χ0) is 33.3. The molecule has 2 unspecified atom stereocenters. The minimum absolute atomic E-state index is 0.0247. The van der Waals surface area contributed by atoms with E-state index in [1.54, 1.807) is 49.4 Å². The van der Waals surface area contributed by atoms with E-state index in [0.717, 1.165) is 6.07 Å². The van der Waals surface area contributed by atoms with Crippen molar-refractivity contribution in [3.63, 3.8) is 0 Å². The van der Waals surface area contributed by atoms with Gasteiger partial charge in [0.1, 0.15) is 17.2 Å². The molecule has 0 spiro atoms. The Morgan fingerprint density at radius 1 is 1.07 bits per heavy atom. The highest BCUT2D eigenvalue weighted by Gasteiger charge is 2.39. The van der Waals surface area contributed by atoms with Crippen LogP contribution in [0.15, 0.2) is 29.0 Å². The minimum Gasteiger partial charge on any atom is -0.444 e. The standard InChI is InChI=1S/C30H36F4N8O4/c1-16-10-19(22(32)11-21(16)31)20-14-42(15-23(20)37-29(44)45-30(2,3)4)27-35-12-17(13-36-27)26(43)40(5)18-6-8-41(9-7-18)28-38-25(24(33)34)39-46-28/h10-13,18,20,23-24H,6-9,14-15H2,1-5H3,(H,37,44). The summed E-state index contributed by atoms with van der Waals surface area (Å²) in [6.07, 6.45) is 0.424. The monoisotopic (exact) mass is 648 g/mol. The quantitative estimate of drug-likeness (QED) is 0.362. The largest absolute Gasteiger partial charge is 0.444 e. The molecule has 0 bridgehead atoms. The fraction of sp³-hybridized carbons (Fsp3) is 0.533. The van der Waals surface area contributed by atoms with Gasteiger partial charge in [-0.25, -0.2) is 32.3 Å². The second-order valence-corrected chi connectivity index (χ2v) is 12.5. The molecule has 2 fully saturated rings. The van der Waals surface area contributed by atoms with Gasteiger partial charge in [0.2, 0.25) is 11.8 Å². The first kappa shape index (κ1) is 32.9. The van der Waals surface area contributed by atoms with Crippen LogP contribution in [0.2, 0.25) is 0 Å². The average Bonchev–Trinajstić information content (AvgIpc) is 3.66. The number of carbonyl (C=O) groups is 2. The van der Waals surface area contributed by atoms with Gasteiger partial charge in [0.05, 0.1) is 11.6 Å². The summed E-state index contributed by atoms with van der Waals surface area (Å²) in [6.45, 7) is 8.03. The molecule has 1 aromatic carbocycles. The van der Waals surface area contributed by atoms with Gasteiger partial charge in [-0.1, -0.05) is 5.16 Å². The number of ether oxygens (including phenoxy) is 1. The van der Waals surface area contributed by atoms with E-state index in [4.69, 9.17) is 9.26 Å². The van der Waals surface area contributed by atoms with Crippen LogP contribution in [-0.4, -0.2) is 87.9 Å². The topological polar surface area (TPSA) is 130 Å². The predicted molar refractivity (Wildman–Crippen MR) is 158 cm³/mol. The first-order valence-electron chi connectivity index (χ1n) is 14.9. The highest BCUT2D eigenvalue weighted by atomic mass is 19.3. The molecule has 2 aliphatic heterocycles. The Bertz CT molecular complexity index is 1560. The number of alkyl carbamates (subject to hydrolysis) is 1. The number of alkyl halides is 2. The van der Waals surface area contributed by atoms with Crippen LogP contribution in [0.25, 0.3) is 0 Å². The first-order chi connectivity index (χ1) is 21.7. The summed E-state index contributed by atoms with van der Waals surface area (Å²) in [6, 6.07) is 1.56. The number of anilines is 2. The van der Waals surface area contributed by atoms with Crippen LogP contribution in [0.5, 0.6) is 0 Å². The zero-order valence-corrected chi connectivity index (χ0v) is 26.1. The average molecular weight is 649 g/mol. The molecule has 46 heavy (non-hydrogen) atoms. The van der Waals surface area contributed by atoms with Gasteiger partial charge in [-0.15, -0.1) is 0 Å². The number of piperidine rings is 1. The highest BCUT2D eigenvalue weighted by molar-refractivity contribution is 5.93. The van der Waals surface area contributed by atoms with Crippen LogP contribution in [0.4, 0.5) is 34.3 Å². The molecule has 0 aliphatic carbocycles. The number of rotatable bonds is 7. The number of benzene rings is 1. The molecule has 2 amide bonds. The Hall–Kier alpha value is -4.50. The molecule has 3 aromatic rings. The van der Waals surface area contributed by atoms with Crippen molar-refractivity contribution in [1.82, 2.24) is 30.3 Å². The molecular weight excluding hydrogens is 612 g/mol. The Kier molecular flexibility index (Phi) is 9.35. The van der Waals surface area contributed by atoms with E-state index < -0.39 is 47.5 Å². The van der Waals surface area contributed by atoms with E-state index in [0.29, 0.717) is 25.9 Å². The molecule has 248 valence electrons. The number of nitrogens with one attached hydrogen (secondary N) is 1. The van der Waals surface area contributed by atoms with E-state index >= 15 is 0 Å². The zero-order valence-electron chi connectivity index (χ0n) is 26.1. The van der Waals surface area contributed by atoms with E-state index in [1.807, 2.05) is 0 Å². The third-order valence-electron chi connectivity index (χ3n) is 8.10. The normalized spacial score (nSPS) is 19.1. The molecule has 0 radical (unpaired) electrons. The lowest BCUT2D eigenvalue weighted by Gasteiger charge is -2.35.